The Labute approximate surface area is 175 Å². The molecule has 0 unspecified atom stereocenters. The largest absolute Gasteiger partial charge is 0.360 e. The molecule has 0 spiro atoms. The summed E-state index contributed by atoms with van der Waals surface area (Å²) < 4.78 is 5.34. The maximum absolute atomic E-state index is 13.3. The lowest BCUT2D eigenvalue weighted by molar-refractivity contribution is -0.137. The van der Waals surface area contributed by atoms with Crippen LogP contribution in [0.1, 0.15) is 48.2 Å². The van der Waals surface area contributed by atoms with Gasteiger partial charge in [-0.1, -0.05) is 35.0 Å². The van der Waals surface area contributed by atoms with E-state index in [1.165, 1.54) is 6.42 Å². The summed E-state index contributed by atoms with van der Waals surface area (Å²) in [5.74, 6) is 0.650. The highest BCUT2D eigenvalue weighted by Crippen LogP contribution is 2.32. The number of likely N-dealkylation sites (tertiary alicyclic amines) is 2. The number of nitrogens with zero attached hydrogens (tertiary/aromatic N) is 3. The van der Waals surface area contributed by atoms with Crippen molar-refractivity contribution < 1.29 is 14.1 Å². The second-order valence-corrected chi connectivity index (χ2v) is 8.30. The average molecular weight is 416 g/mol. The number of hydrogen-bond donors (Lipinski definition) is 0. The van der Waals surface area contributed by atoms with Gasteiger partial charge in [-0.3, -0.25) is 9.59 Å². The molecule has 4 rings (SSSR count). The predicted octanol–water partition coefficient (Wildman–Crippen LogP) is 4.17. The van der Waals surface area contributed by atoms with E-state index in [1.807, 2.05) is 23.1 Å². The van der Waals surface area contributed by atoms with Gasteiger partial charge in [0.05, 0.1) is 5.02 Å². The number of carbonyl (C=O) groups is 2. The summed E-state index contributed by atoms with van der Waals surface area (Å²) in [5.41, 5.74) is 1.62. The van der Waals surface area contributed by atoms with Crippen LogP contribution in [0.25, 0.3) is 11.3 Å². The molecular weight excluding hydrogens is 390 g/mol. The number of benzene rings is 1. The fourth-order valence-electron chi connectivity index (χ4n) is 4.32. The van der Waals surface area contributed by atoms with Gasteiger partial charge in [-0.15, -0.1) is 0 Å². The first-order valence-corrected chi connectivity index (χ1v) is 10.7. The molecule has 2 fully saturated rings. The fourth-order valence-corrected chi connectivity index (χ4v) is 4.55. The molecule has 1 aromatic heterocycles. The van der Waals surface area contributed by atoms with E-state index in [2.05, 4.69) is 5.16 Å². The van der Waals surface area contributed by atoms with Crippen molar-refractivity contribution in [2.75, 3.05) is 26.2 Å². The Morgan fingerprint density at radius 2 is 1.72 bits per heavy atom. The highest BCUT2D eigenvalue weighted by molar-refractivity contribution is 6.33. The van der Waals surface area contributed by atoms with Gasteiger partial charge in [0.2, 0.25) is 5.91 Å². The van der Waals surface area contributed by atoms with E-state index in [1.54, 1.807) is 17.9 Å². The van der Waals surface area contributed by atoms with Crippen LogP contribution in [0.3, 0.4) is 0 Å². The smallest absolute Gasteiger partial charge is 0.259 e. The summed E-state index contributed by atoms with van der Waals surface area (Å²) in [6.07, 6.45) is 4.81. The Balaban J connectivity index is 1.46. The van der Waals surface area contributed by atoms with Crippen LogP contribution in [-0.4, -0.2) is 52.9 Å². The minimum Gasteiger partial charge on any atom is -0.360 e. The topological polar surface area (TPSA) is 66.7 Å². The van der Waals surface area contributed by atoms with Gasteiger partial charge in [0.1, 0.15) is 17.0 Å². The minimum atomic E-state index is -0.109. The van der Waals surface area contributed by atoms with Crippen molar-refractivity contribution in [3.63, 3.8) is 0 Å². The van der Waals surface area contributed by atoms with Crippen LogP contribution in [0.4, 0.5) is 0 Å². The van der Waals surface area contributed by atoms with Crippen molar-refractivity contribution in [1.29, 1.82) is 0 Å². The standard InChI is InChI=1S/C22H26ClN3O3/c1-15-19(20(24-29-15)17-7-3-4-8-18(17)23)22(28)26-13-9-16(10-14-26)21(27)25-11-5-2-6-12-25/h3-4,7-8,16H,2,5-6,9-14H2,1H3. The molecule has 0 N–H and O–H groups in total. The zero-order valence-electron chi connectivity index (χ0n) is 16.7. The van der Waals surface area contributed by atoms with Crippen molar-refractivity contribution in [2.24, 2.45) is 5.92 Å². The third-order valence-corrected chi connectivity index (χ3v) is 6.33. The summed E-state index contributed by atoms with van der Waals surface area (Å²) in [6.45, 7) is 4.62. The van der Waals surface area contributed by atoms with Crippen LogP contribution < -0.4 is 0 Å². The average Bonchev–Trinajstić information content (AvgIpc) is 3.15. The van der Waals surface area contributed by atoms with E-state index < -0.39 is 0 Å². The van der Waals surface area contributed by atoms with E-state index in [9.17, 15) is 9.59 Å². The fraction of sp³-hybridized carbons (Fsp3) is 0.500. The van der Waals surface area contributed by atoms with E-state index >= 15 is 0 Å². The van der Waals surface area contributed by atoms with Crippen molar-refractivity contribution in [2.45, 2.75) is 39.0 Å². The normalized spacial score (nSPS) is 18.1. The molecule has 7 heteroatoms. The first kappa shape index (κ1) is 20.0. The second-order valence-electron chi connectivity index (χ2n) is 7.89. The molecule has 0 aliphatic carbocycles. The molecule has 6 nitrogen and oxygen atoms in total. The van der Waals surface area contributed by atoms with E-state index in [-0.39, 0.29) is 17.7 Å². The van der Waals surface area contributed by atoms with Gasteiger partial charge in [-0.2, -0.15) is 0 Å². The van der Waals surface area contributed by atoms with Gasteiger partial charge in [0.15, 0.2) is 0 Å². The summed E-state index contributed by atoms with van der Waals surface area (Å²) in [7, 11) is 0. The molecule has 2 aliphatic rings. The molecule has 2 aromatic rings. The molecule has 2 amide bonds. The van der Waals surface area contributed by atoms with Crippen LogP contribution >= 0.6 is 11.6 Å². The van der Waals surface area contributed by atoms with Crippen LogP contribution in [0.2, 0.25) is 5.02 Å². The lowest BCUT2D eigenvalue weighted by Gasteiger charge is -2.35. The maximum atomic E-state index is 13.3. The number of aromatic nitrogens is 1. The Kier molecular flexibility index (Phi) is 5.90. The van der Waals surface area contributed by atoms with Crippen molar-refractivity contribution in [1.82, 2.24) is 15.0 Å². The highest BCUT2D eigenvalue weighted by Gasteiger charge is 2.33. The van der Waals surface area contributed by atoms with Crippen molar-refractivity contribution in [3.8, 4) is 11.3 Å². The summed E-state index contributed by atoms with van der Waals surface area (Å²) in [6, 6.07) is 7.30. The Bertz CT molecular complexity index is 896. The second kappa shape index (κ2) is 8.57. The molecule has 3 heterocycles. The monoisotopic (exact) mass is 415 g/mol. The molecule has 1 aromatic carbocycles. The zero-order chi connectivity index (χ0) is 20.4. The third kappa shape index (κ3) is 4.04. The minimum absolute atomic E-state index is 0.0174. The van der Waals surface area contributed by atoms with Gasteiger partial charge in [-0.05, 0) is 45.1 Å². The number of rotatable bonds is 3. The number of halogens is 1. The quantitative estimate of drug-likeness (QED) is 0.754. The SMILES string of the molecule is Cc1onc(-c2ccccc2Cl)c1C(=O)N1CCC(C(=O)N2CCCCC2)CC1. The Hall–Kier alpha value is -2.34. The Morgan fingerprint density at radius 1 is 1.03 bits per heavy atom. The van der Waals surface area contributed by atoms with Gasteiger partial charge in [0.25, 0.3) is 5.91 Å². The molecule has 0 atom stereocenters. The van der Waals surface area contributed by atoms with Gasteiger partial charge < -0.3 is 14.3 Å². The first-order chi connectivity index (χ1) is 14.1. The molecule has 0 saturated carbocycles. The number of hydrogen-bond acceptors (Lipinski definition) is 4. The molecule has 2 saturated heterocycles. The molecule has 29 heavy (non-hydrogen) atoms. The van der Waals surface area contributed by atoms with Gasteiger partial charge >= 0.3 is 0 Å². The molecule has 0 radical (unpaired) electrons. The number of carbonyl (C=O) groups excluding carboxylic acids is 2. The number of amides is 2. The number of piperidine rings is 2. The molecule has 2 aliphatic heterocycles. The zero-order valence-corrected chi connectivity index (χ0v) is 17.5. The summed E-state index contributed by atoms with van der Waals surface area (Å²) in [4.78, 5) is 29.8. The van der Waals surface area contributed by atoms with E-state index in [4.69, 9.17) is 16.1 Å². The molecular formula is C22H26ClN3O3. The highest BCUT2D eigenvalue weighted by atomic mass is 35.5. The van der Waals surface area contributed by atoms with Crippen LogP contribution in [0.5, 0.6) is 0 Å². The summed E-state index contributed by atoms with van der Waals surface area (Å²) in [5, 5.41) is 4.63. The van der Waals surface area contributed by atoms with Crippen LogP contribution in [0, 0.1) is 12.8 Å². The van der Waals surface area contributed by atoms with E-state index in [0.717, 1.165) is 25.9 Å². The molecule has 0 bridgehead atoms. The first-order valence-electron chi connectivity index (χ1n) is 10.4. The third-order valence-electron chi connectivity index (χ3n) is 6.00. The molecule has 154 valence electrons. The van der Waals surface area contributed by atoms with Crippen molar-refractivity contribution >= 4 is 23.4 Å². The van der Waals surface area contributed by atoms with Crippen molar-refractivity contribution in [3.05, 3.63) is 40.6 Å². The van der Waals surface area contributed by atoms with Crippen LogP contribution in [-0.2, 0) is 4.79 Å². The lowest BCUT2D eigenvalue weighted by Crippen LogP contribution is -2.45. The van der Waals surface area contributed by atoms with Gasteiger partial charge in [-0.25, -0.2) is 0 Å². The predicted molar refractivity (Wildman–Crippen MR) is 111 cm³/mol. The number of aryl methyl sites for hydroxylation is 1. The van der Waals surface area contributed by atoms with E-state index in [0.29, 0.717) is 53.5 Å². The van der Waals surface area contributed by atoms with Gasteiger partial charge in [0, 0.05) is 37.7 Å². The maximum Gasteiger partial charge on any atom is 0.259 e. The summed E-state index contributed by atoms with van der Waals surface area (Å²) >= 11 is 6.31. The lowest BCUT2D eigenvalue weighted by atomic mass is 9.93. The Morgan fingerprint density at radius 3 is 2.41 bits per heavy atom. The van der Waals surface area contributed by atoms with Crippen LogP contribution in [0.15, 0.2) is 28.8 Å².